The van der Waals surface area contributed by atoms with Crippen molar-refractivity contribution in [1.82, 2.24) is 9.97 Å². The van der Waals surface area contributed by atoms with Crippen molar-refractivity contribution in [2.24, 2.45) is 5.92 Å². The Hall–Kier alpha value is -2.18. The normalized spacial score (nSPS) is 15.2. The van der Waals surface area contributed by atoms with Crippen LogP contribution in [0.1, 0.15) is 25.3 Å². The van der Waals surface area contributed by atoms with Crippen molar-refractivity contribution in [2.45, 2.75) is 26.7 Å². The highest BCUT2D eigenvalue weighted by molar-refractivity contribution is 7.17. The summed E-state index contributed by atoms with van der Waals surface area (Å²) < 4.78 is 5.18. The number of fused-ring (bicyclic) bond motifs is 1. The summed E-state index contributed by atoms with van der Waals surface area (Å²) in [4.78, 5) is 24.2. The highest BCUT2D eigenvalue weighted by Gasteiger charge is 2.28. The van der Waals surface area contributed by atoms with Gasteiger partial charge in [-0.25, -0.2) is 4.98 Å². The number of benzene rings is 1. The van der Waals surface area contributed by atoms with E-state index in [-0.39, 0.29) is 17.2 Å². The van der Waals surface area contributed by atoms with Crippen molar-refractivity contribution in [3.63, 3.8) is 0 Å². The Morgan fingerprint density at radius 2 is 1.96 bits per heavy atom. The average molecular weight is 416 g/mol. The van der Waals surface area contributed by atoms with Gasteiger partial charge in [-0.1, -0.05) is 29.8 Å². The smallest absolute Gasteiger partial charge is 0.309 e. The number of halogens is 1. The summed E-state index contributed by atoms with van der Waals surface area (Å²) in [5.41, 5.74) is 3.49. The van der Waals surface area contributed by atoms with Crippen LogP contribution >= 0.6 is 22.9 Å². The zero-order chi connectivity index (χ0) is 19.7. The van der Waals surface area contributed by atoms with Gasteiger partial charge in [0.15, 0.2) is 0 Å². The third kappa shape index (κ3) is 3.71. The lowest BCUT2D eigenvalue weighted by atomic mass is 9.96. The monoisotopic (exact) mass is 415 g/mol. The number of carbonyl (C=O) groups excluding carboxylic acids is 1. The van der Waals surface area contributed by atoms with E-state index in [0.29, 0.717) is 6.61 Å². The Kier molecular flexibility index (Phi) is 5.51. The molecule has 0 N–H and O–H groups in total. The summed E-state index contributed by atoms with van der Waals surface area (Å²) in [7, 11) is 0. The van der Waals surface area contributed by atoms with Gasteiger partial charge in [-0.15, -0.1) is 11.3 Å². The number of aryl methyl sites for hydroxylation is 1. The molecule has 1 aromatic carbocycles. The fraction of sp³-hybridized carbons (Fsp3) is 0.381. The first-order valence-electron chi connectivity index (χ1n) is 9.50. The molecule has 146 valence electrons. The van der Waals surface area contributed by atoms with E-state index in [2.05, 4.69) is 51.4 Å². The van der Waals surface area contributed by atoms with Crippen molar-refractivity contribution in [3.05, 3.63) is 40.5 Å². The fourth-order valence-corrected chi connectivity index (χ4v) is 4.82. The molecular formula is C21H22ClN3O2S. The third-order valence-electron chi connectivity index (χ3n) is 5.16. The van der Waals surface area contributed by atoms with E-state index in [1.165, 1.54) is 5.56 Å². The van der Waals surface area contributed by atoms with Crippen LogP contribution in [0, 0.1) is 12.8 Å². The van der Waals surface area contributed by atoms with Crippen molar-refractivity contribution >= 4 is 44.9 Å². The van der Waals surface area contributed by atoms with E-state index < -0.39 is 0 Å². The zero-order valence-electron chi connectivity index (χ0n) is 15.9. The van der Waals surface area contributed by atoms with Crippen molar-refractivity contribution in [1.29, 1.82) is 0 Å². The first-order valence-corrected chi connectivity index (χ1v) is 10.8. The Morgan fingerprint density at radius 3 is 2.64 bits per heavy atom. The minimum Gasteiger partial charge on any atom is -0.466 e. The Bertz CT molecular complexity index is 995. The van der Waals surface area contributed by atoms with Gasteiger partial charge >= 0.3 is 5.97 Å². The zero-order valence-corrected chi connectivity index (χ0v) is 17.5. The van der Waals surface area contributed by atoms with Gasteiger partial charge in [0, 0.05) is 24.0 Å². The number of nitrogens with zero attached hydrogens (tertiary/aromatic N) is 3. The molecule has 0 radical (unpaired) electrons. The maximum absolute atomic E-state index is 12.0. The average Bonchev–Trinajstić information content (AvgIpc) is 3.12. The van der Waals surface area contributed by atoms with Crippen molar-refractivity contribution in [3.8, 4) is 11.1 Å². The van der Waals surface area contributed by atoms with Crippen LogP contribution < -0.4 is 4.90 Å². The molecule has 4 rings (SSSR count). The Morgan fingerprint density at radius 1 is 1.25 bits per heavy atom. The number of piperidine rings is 1. The third-order valence-corrected chi connectivity index (χ3v) is 6.21. The Balaban J connectivity index is 1.68. The minimum atomic E-state index is -0.0936. The predicted octanol–water partition coefficient (Wildman–Crippen LogP) is 5.10. The molecule has 5 nitrogen and oxygen atoms in total. The first-order chi connectivity index (χ1) is 13.6. The van der Waals surface area contributed by atoms with E-state index in [4.69, 9.17) is 16.3 Å². The van der Waals surface area contributed by atoms with E-state index in [1.807, 2.05) is 6.92 Å². The summed E-state index contributed by atoms with van der Waals surface area (Å²) >= 11 is 7.80. The topological polar surface area (TPSA) is 55.3 Å². The van der Waals surface area contributed by atoms with Crippen LogP contribution in [0.25, 0.3) is 21.3 Å². The van der Waals surface area contributed by atoms with Crippen LogP contribution in [0.2, 0.25) is 5.28 Å². The van der Waals surface area contributed by atoms with Gasteiger partial charge in [-0.3, -0.25) is 4.79 Å². The van der Waals surface area contributed by atoms with Gasteiger partial charge in [0.1, 0.15) is 10.6 Å². The van der Waals surface area contributed by atoms with Gasteiger partial charge in [-0.05, 0) is 43.9 Å². The minimum absolute atomic E-state index is 0.0388. The number of ether oxygens (including phenoxy) is 1. The van der Waals surface area contributed by atoms with Crippen LogP contribution in [0.3, 0.4) is 0 Å². The first kappa shape index (κ1) is 19.2. The van der Waals surface area contributed by atoms with E-state index in [9.17, 15) is 4.79 Å². The van der Waals surface area contributed by atoms with Crippen LogP contribution in [-0.2, 0) is 9.53 Å². The number of aromatic nitrogens is 2. The summed E-state index contributed by atoms with van der Waals surface area (Å²) in [6.07, 6.45) is 1.51. The highest BCUT2D eigenvalue weighted by Crippen LogP contribution is 2.40. The largest absolute Gasteiger partial charge is 0.466 e. The van der Waals surface area contributed by atoms with Gasteiger partial charge in [0.25, 0.3) is 0 Å². The molecule has 3 aromatic rings. The molecule has 0 bridgehead atoms. The van der Waals surface area contributed by atoms with Crippen molar-refractivity contribution < 1.29 is 9.53 Å². The lowest BCUT2D eigenvalue weighted by Gasteiger charge is -2.32. The molecule has 1 fully saturated rings. The number of anilines is 1. The lowest BCUT2D eigenvalue weighted by Crippen LogP contribution is -2.37. The van der Waals surface area contributed by atoms with Crippen LogP contribution in [0.5, 0.6) is 0 Å². The quantitative estimate of drug-likeness (QED) is 0.438. The molecule has 1 aliphatic heterocycles. The molecule has 3 heterocycles. The number of rotatable bonds is 4. The maximum atomic E-state index is 12.0. The standard InChI is InChI=1S/C21H22ClN3O2S/c1-3-27-20(26)15-8-10-25(11-9-15)18-17-16(14-6-4-13(2)5-7-14)12-28-19(17)24-21(22)23-18/h4-7,12,15H,3,8-11H2,1-2H3. The van der Waals surface area contributed by atoms with E-state index >= 15 is 0 Å². The van der Waals surface area contributed by atoms with Gasteiger partial charge in [0.05, 0.1) is 17.9 Å². The molecule has 1 aliphatic rings. The van der Waals surface area contributed by atoms with Crippen LogP contribution in [0.15, 0.2) is 29.6 Å². The molecule has 0 unspecified atom stereocenters. The molecular weight excluding hydrogens is 394 g/mol. The molecule has 0 amide bonds. The predicted molar refractivity (Wildman–Crippen MR) is 114 cm³/mol. The number of thiophene rings is 1. The van der Waals surface area contributed by atoms with E-state index in [1.54, 1.807) is 11.3 Å². The number of carbonyl (C=O) groups is 1. The van der Waals surface area contributed by atoms with Gasteiger partial charge in [0.2, 0.25) is 5.28 Å². The molecule has 0 aliphatic carbocycles. The molecule has 0 atom stereocenters. The summed E-state index contributed by atoms with van der Waals surface area (Å²) in [6.45, 7) is 5.84. The summed E-state index contributed by atoms with van der Waals surface area (Å²) in [6, 6.07) is 8.48. The second-order valence-corrected chi connectivity index (χ2v) is 8.22. The SMILES string of the molecule is CCOC(=O)C1CCN(c2nc(Cl)nc3scc(-c4ccc(C)cc4)c23)CC1. The number of hydrogen-bond acceptors (Lipinski definition) is 6. The lowest BCUT2D eigenvalue weighted by molar-refractivity contribution is -0.148. The summed E-state index contributed by atoms with van der Waals surface area (Å²) in [5.74, 6) is 0.723. The Labute approximate surface area is 173 Å². The number of esters is 1. The van der Waals surface area contributed by atoms with Gasteiger partial charge in [-0.2, -0.15) is 4.98 Å². The second-order valence-electron chi connectivity index (χ2n) is 7.03. The molecule has 28 heavy (non-hydrogen) atoms. The fourth-order valence-electron chi connectivity index (χ4n) is 3.66. The van der Waals surface area contributed by atoms with E-state index in [0.717, 1.165) is 53.1 Å². The number of hydrogen-bond donors (Lipinski definition) is 0. The molecule has 7 heteroatoms. The molecule has 0 spiro atoms. The van der Waals surface area contributed by atoms with Crippen LogP contribution in [0.4, 0.5) is 5.82 Å². The molecule has 2 aromatic heterocycles. The highest BCUT2D eigenvalue weighted by atomic mass is 35.5. The second kappa shape index (κ2) is 8.05. The molecule has 0 saturated carbocycles. The van der Waals surface area contributed by atoms with Crippen LogP contribution in [-0.4, -0.2) is 35.6 Å². The molecule has 1 saturated heterocycles. The summed E-state index contributed by atoms with van der Waals surface area (Å²) in [5, 5.41) is 3.41. The van der Waals surface area contributed by atoms with Crippen molar-refractivity contribution in [2.75, 3.05) is 24.6 Å². The maximum Gasteiger partial charge on any atom is 0.309 e. The van der Waals surface area contributed by atoms with Gasteiger partial charge < -0.3 is 9.64 Å².